The molecule has 5 heteroatoms. The molecule has 0 spiro atoms. The standard InChI is InChI=1S/C12H17FN2O2/c1-8(2)15(6-5-14)12(17)10-7-9(13)3-4-11(10)16/h3-4,7-8,16H,5-6,14H2,1-2H3. The highest BCUT2D eigenvalue weighted by molar-refractivity contribution is 5.97. The molecule has 0 aliphatic heterocycles. The second-order valence-corrected chi connectivity index (χ2v) is 4.04. The maximum Gasteiger partial charge on any atom is 0.257 e. The summed E-state index contributed by atoms with van der Waals surface area (Å²) in [6.45, 7) is 4.36. The lowest BCUT2D eigenvalue weighted by atomic mass is 10.1. The number of amides is 1. The highest BCUT2D eigenvalue weighted by Crippen LogP contribution is 2.20. The Morgan fingerprint density at radius 1 is 1.53 bits per heavy atom. The Labute approximate surface area is 99.8 Å². The molecule has 0 aromatic heterocycles. The van der Waals surface area contributed by atoms with E-state index < -0.39 is 11.7 Å². The van der Waals surface area contributed by atoms with Crippen LogP contribution in [0.4, 0.5) is 4.39 Å². The number of nitrogens with two attached hydrogens (primary N) is 1. The van der Waals surface area contributed by atoms with Crippen molar-refractivity contribution in [2.24, 2.45) is 5.73 Å². The van der Waals surface area contributed by atoms with Crippen LogP contribution in [0.2, 0.25) is 0 Å². The Balaban J connectivity index is 3.04. The zero-order valence-electron chi connectivity index (χ0n) is 9.98. The topological polar surface area (TPSA) is 66.6 Å². The van der Waals surface area contributed by atoms with Gasteiger partial charge in [-0.25, -0.2) is 4.39 Å². The largest absolute Gasteiger partial charge is 0.507 e. The zero-order chi connectivity index (χ0) is 13.0. The van der Waals surface area contributed by atoms with E-state index in [0.29, 0.717) is 13.1 Å². The highest BCUT2D eigenvalue weighted by Gasteiger charge is 2.21. The summed E-state index contributed by atoms with van der Waals surface area (Å²) in [4.78, 5) is 13.6. The molecular weight excluding hydrogens is 223 g/mol. The van der Waals surface area contributed by atoms with E-state index >= 15 is 0 Å². The smallest absolute Gasteiger partial charge is 0.257 e. The van der Waals surface area contributed by atoms with Crippen LogP contribution in [-0.4, -0.2) is 35.0 Å². The predicted molar refractivity (Wildman–Crippen MR) is 63.3 cm³/mol. The second-order valence-electron chi connectivity index (χ2n) is 4.04. The minimum Gasteiger partial charge on any atom is -0.507 e. The van der Waals surface area contributed by atoms with Crippen LogP contribution < -0.4 is 5.73 Å². The van der Waals surface area contributed by atoms with E-state index in [0.717, 1.165) is 12.1 Å². The minimum atomic E-state index is -0.553. The number of carbonyl (C=O) groups is 1. The number of hydrogen-bond donors (Lipinski definition) is 2. The van der Waals surface area contributed by atoms with E-state index in [1.54, 1.807) is 0 Å². The molecule has 0 aliphatic rings. The number of aromatic hydroxyl groups is 1. The summed E-state index contributed by atoms with van der Waals surface area (Å²) >= 11 is 0. The van der Waals surface area contributed by atoms with Gasteiger partial charge in [-0.05, 0) is 32.0 Å². The number of benzene rings is 1. The first-order valence-electron chi connectivity index (χ1n) is 5.47. The first-order valence-corrected chi connectivity index (χ1v) is 5.47. The number of phenolic OH excluding ortho intramolecular Hbond substituents is 1. The van der Waals surface area contributed by atoms with Crippen LogP contribution in [0, 0.1) is 5.82 Å². The summed E-state index contributed by atoms with van der Waals surface area (Å²) in [5.74, 6) is -1.19. The van der Waals surface area contributed by atoms with Gasteiger partial charge in [-0.15, -0.1) is 0 Å². The Bertz CT molecular complexity index is 407. The van der Waals surface area contributed by atoms with Gasteiger partial charge in [0.05, 0.1) is 5.56 Å². The Hall–Kier alpha value is -1.62. The molecule has 0 atom stereocenters. The molecular formula is C12H17FN2O2. The van der Waals surface area contributed by atoms with E-state index in [4.69, 9.17) is 5.73 Å². The van der Waals surface area contributed by atoms with Gasteiger partial charge in [-0.2, -0.15) is 0 Å². The number of carbonyl (C=O) groups excluding carboxylic acids is 1. The Morgan fingerprint density at radius 2 is 2.18 bits per heavy atom. The van der Waals surface area contributed by atoms with E-state index in [-0.39, 0.29) is 17.4 Å². The van der Waals surface area contributed by atoms with Gasteiger partial charge in [0.15, 0.2) is 0 Å². The van der Waals surface area contributed by atoms with Crippen molar-refractivity contribution >= 4 is 5.91 Å². The van der Waals surface area contributed by atoms with E-state index in [9.17, 15) is 14.3 Å². The SMILES string of the molecule is CC(C)N(CCN)C(=O)c1cc(F)ccc1O. The van der Waals surface area contributed by atoms with Crippen molar-refractivity contribution in [2.45, 2.75) is 19.9 Å². The van der Waals surface area contributed by atoms with Crippen LogP contribution in [0.3, 0.4) is 0 Å². The molecule has 0 heterocycles. The van der Waals surface area contributed by atoms with Gasteiger partial charge in [0.25, 0.3) is 5.91 Å². The second kappa shape index (κ2) is 5.63. The van der Waals surface area contributed by atoms with Gasteiger partial charge in [0, 0.05) is 19.1 Å². The summed E-state index contributed by atoms with van der Waals surface area (Å²) in [5.41, 5.74) is 5.39. The summed E-state index contributed by atoms with van der Waals surface area (Å²) in [6.07, 6.45) is 0. The molecule has 1 aromatic rings. The van der Waals surface area contributed by atoms with Gasteiger partial charge >= 0.3 is 0 Å². The number of nitrogens with zero attached hydrogens (tertiary/aromatic N) is 1. The average Bonchev–Trinajstić information content (AvgIpc) is 2.28. The van der Waals surface area contributed by atoms with Gasteiger partial charge < -0.3 is 15.7 Å². The summed E-state index contributed by atoms with van der Waals surface area (Å²) in [5, 5.41) is 9.56. The fourth-order valence-electron chi connectivity index (χ4n) is 1.57. The molecule has 0 saturated heterocycles. The monoisotopic (exact) mass is 240 g/mol. The fraction of sp³-hybridized carbons (Fsp3) is 0.417. The van der Waals surface area contributed by atoms with Crippen LogP contribution in [0.15, 0.2) is 18.2 Å². The Morgan fingerprint density at radius 3 is 2.71 bits per heavy atom. The molecule has 94 valence electrons. The maximum atomic E-state index is 13.1. The van der Waals surface area contributed by atoms with Crippen molar-refractivity contribution in [3.8, 4) is 5.75 Å². The lowest BCUT2D eigenvalue weighted by molar-refractivity contribution is 0.0708. The average molecular weight is 240 g/mol. The van der Waals surface area contributed by atoms with Gasteiger partial charge in [-0.1, -0.05) is 0 Å². The number of phenols is 1. The molecule has 0 fully saturated rings. The normalized spacial score (nSPS) is 10.6. The van der Waals surface area contributed by atoms with Crippen LogP contribution in [0.25, 0.3) is 0 Å². The molecule has 1 aromatic carbocycles. The molecule has 0 radical (unpaired) electrons. The van der Waals surface area contributed by atoms with Crippen molar-refractivity contribution in [3.05, 3.63) is 29.6 Å². The van der Waals surface area contributed by atoms with Gasteiger partial charge in [0.1, 0.15) is 11.6 Å². The lowest BCUT2D eigenvalue weighted by Crippen LogP contribution is -2.40. The number of hydrogen-bond acceptors (Lipinski definition) is 3. The highest BCUT2D eigenvalue weighted by atomic mass is 19.1. The third kappa shape index (κ3) is 3.17. The van der Waals surface area contributed by atoms with Gasteiger partial charge in [-0.3, -0.25) is 4.79 Å². The van der Waals surface area contributed by atoms with Crippen LogP contribution in [0.1, 0.15) is 24.2 Å². The lowest BCUT2D eigenvalue weighted by Gasteiger charge is -2.26. The van der Waals surface area contributed by atoms with Crippen LogP contribution >= 0.6 is 0 Å². The number of halogens is 1. The molecule has 17 heavy (non-hydrogen) atoms. The first kappa shape index (κ1) is 13.4. The summed E-state index contributed by atoms with van der Waals surface area (Å²) < 4.78 is 13.1. The zero-order valence-corrected chi connectivity index (χ0v) is 9.98. The predicted octanol–water partition coefficient (Wildman–Crippen LogP) is 1.34. The molecule has 4 nitrogen and oxygen atoms in total. The van der Waals surface area contributed by atoms with Crippen molar-refractivity contribution in [3.63, 3.8) is 0 Å². The molecule has 0 aliphatic carbocycles. The summed E-state index contributed by atoms with van der Waals surface area (Å²) in [6, 6.07) is 3.25. The third-order valence-electron chi connectivity index (χ3n) is 2.44. The molecule has 1 rings (SSSR count). The molecule has 0 bridgehead atoms. The molecule has 3 N–H and O–H groups in total. The van der Waals surface area contributed by atoms with Crippen LogP contribution in [-0.2, 0) is 0 Å². The van der Waals surface area contributed by atoms with E-state index in [1.807, 2.05) is 13.8 Å². The first-order chi connectivity index (χ1) is 7.97. The summed E-state index contributed by atoms with van der Waals surface area (Å²) in [7, 11) is 0. The van der Waals surface area contributed by atoms with Crippen LogP contribution in [0.5, 0.6) is 5.75 Å². The molecule has 1 amide bonds. The van der Waals surface area contributed by atoms with Crippen molar-refractivity contribution < 1.29 is 14.3 Å². The van der Waals surface area contributed by atoms with Crippen molar-refractivity contribution in [1.29, 1.82) is 0 Å². The van der Waals surface area contributed by atoms with E-state index in [2.05, 4.69) is 0 Å². The fourth-order valence-corrected chi connectivity index (χ4v) is 1.57. The van der Waals surface area contributed by atoms with E-state index in [1.165, 1.54) is 11.0 Å². The number of rotatable bonds is 4. The van der Waals surface area contributed by atoms with Gasteiger partial charge in [0.2, 0.25) is 0 Å². The molecule has 0 saturated carbocycles. The minimum absolute atomic E-state index is 0.0350. The van der Waals surface area contributed by atoms with Crippen molar-refractivity contribution in [1.82, 2.24) is 4.90 Å². The quantitative estimate of drug-likeness (QED) is 0.834. The maximum absolute atomic E-state index is 13.1. The molecule has 0 unspecified atom stereocenters. The Kier molecular flexibility index (Phi) is 4.45. The van der Waals surface area contributed by atoms with Crippen molar-refractivity contribution in [2.75, 3.05) is 13.1 Å². The third-order valence-corrected chi connectivity index (χ3v) is 2.44.